The lowest BCUT2D eigenvalue weighted by molar-refractivity contribution is 0.604. The fourth-order valence-corrected chi connectivity index (χ4v) is 3.52. The molecule has 7 heteroatoms. The minimum atomic E-state index is -0.207. The van der Waals surface area contributed by atoms with Crippen LogP contribution in [0, 0.1) is 5.82 Å². The molecule has 0 aliphatic rings. The Kier molecular flexibility index (Phi) is 8.24. The summed E-state index contributed by atoms with van der Waals surface area (Å²) in [6.45, 7) is 1.19. The van der Waals surface area contributed by atoms with Gasteiger partial charge in [0.05, 0.1) is 15.2 Å². The molecule has 1 heterocycles. The van der Waals surface area contributed by atoms with Crippen molar-refractivity contribution in [3.8, 4) is 0 Å². The highest BCUT2D eigenvalue weighted by Gasteiger charge is 2.04. The SMILES string of the molecule is CN=C(NCCCc1nc2ccccc2s1)NCc1ccccc1F.I. The van der Waals surface area contributed by atoms with E-state index in [1.165, 1.54) is 10.8 Å². The van der Waals surface area contributed by atoms with Crippen molar-refractivity contribution in [1.29, 1.82) is 0 Å². The van der Waals surface area contributed by atoms with E-state index in [2.05, 4.69) is 26.7 Å². The molecule has 138 valence electrons. The largest absolute Gasteiger partial charge is 0.356 e. The van der Waals surface area contributed by atoms with Gasteiger partial charge in [0.1, 0.15) is 5.82 Å². The Bertz CT molecular complexity index is 832. The molecular weight excluding hydrogens is 462 g/mol. The van der Waals surface area contributed by atoms with Crippen LogP contribution in [0.15, 0.2) is 53.5 Å². The van der Waals surface area contributed by atoms with E-state index < -0.39 is 0 Å². The van der Waals surface area contributed by atoms with Crippen LogP contribution in [-0.2, 0) is 13.0 Å². The van der Waals surface area contributed by atoms with E-state index in [0.29, 0.717) is 18.1 Å². The van der Waals surface area contributed by atoms with Crippen molar-refractivity contribution in [2.45, 2.75) is 19.4 Å². The highest BCUT2D eigenvalue weighted by molar-refractivity contribution is 14.0. The van der Waals surface area contributed by atoms with Gasteiger partial charge in [-0.2, -0.15) is 0 Å². The smallest absolute Gasteiger partial charge is 0.191 e. The van der Waals surface area contributed by atoms with E-state index >= 15 is 0 Å². The summed E-state index contributed by atoms with van der Waals surface area (Å²) < 4.78 is 14.8. The van der Waals surface area contributed by atoms with Gasteiger partial charge in [0.25, 0.3) is 0 Å². The Balaban J connectivity index is 0.00000243. The quantitative estimate of drug-likeness (QED) is 0.237. The molecular formula is C19H22FIN4S. The highest BCUT2D eigenvalue weighted by atomic mass is 127. The van der Waals surface area contributed by atoms with E-state index in [1.807, 2.05) is 24.3 Å². The molecule has 0 fully saturated rings. The third-order valence-corrected chi connectivity index (χ3v) is 4.92. The van der Waals surface area contributed by atoms with E-state index in [9.17, 15) is 4.39 Å². The number of thiazole rings is 1. The summed E-state index contributed by atoms with van der Waals surface area (Å²) in [5.41, 5.74) is 1.69. The van der Waals surface area contributed by atoms with Crippen LogP contribution in [0.5, 0.6) is 0 Å². The number of aryl methyl sites for hydroxylation is 1. The number of halogens is 2. The Morgan fingerprint density at radius 3 is 2.65 bits per heavy atom. The standard InChI is InChI=1S/C19H21FN4S.HI/c1-21-19(23-13-14-7-2-3-8-15(14)20)22-12-6-11-18-24-16-9-4-5-10-17(16)25-18;/h2-5,7-10H,6,11-13H2,1H3,(H2,21,22,23);1H. The second-order valence-electron chi connectivity index (χ2n) is 5.62. The molecule has 3 aromatic rings. The summed E-state index contributed by atoms with van der Waals surface area (Å²) in [5.74, 6) is 0.467. The maximum Gasteiger partial charge on any atom is 0.191 e. The van der Waals surface area contributed by atoms with Gasteiger partial charge >= 0.3 is 0 Å². The summed E-state index contributed by atoms with van der Waals surface area (Å²) in [5, 5.41) is 7.54. The van der Waals surface area contributed by atoms with Crippen molar-refractivity contribution in [3.63, 3.8) is 0 Å². The number of aromatic nitrogens is 1. The second-order valence-corrected chi connectivity index (χ2v) is 6.74. The Labute approximate surface area is 174 Å². The molecule has 2 N–H and O–H groups in total. The van der Waals surface area contributed by atoms with Gasteiger partial charge in [0.2, 0.25) is 0 Å². The fourth-order valence-electron chi connectivity index (χ4n) is 2.51. The average molecular weight is 484 g/mol. The van der Waals surface area contributed by atoms with Crippen molar-refractivity contribution in [1.82, 2.24) is 15.6 Å². The molecule has 4 nitrogen and oxygen atoms in total. The van der Waals surface area contributed by atoms with Gasteiger partial charge in [-0.05, 0) is 24.6 Å². The predicted molar refractivity (Wildman–Crippen MR) is 118 cm³/mol. The Hall–Kier alpha value is -1.74. The molecule has 3 rings (SSSR count). The first kappa shape index (κ1) is 20.6. The molecule has 0 bridgehead atoms. The number of benzene rings is 2. The number of guanidine groups is 1. The van der Waals surface area contributed by atoms with E-state index in [1.54, 1.807) is 30.5 Å². The minimum absolute atomic E-state index is 0. The number of rotatable bonds is 6. The number of aliphatic imine (C=N–C) groups is 1. The molecule has 0 spiro atoms. The molecule has 0 radical (unpaired) electrons. The van der Waals surface area contributed by atoms with Crippen molar-refractivity contribution in [2.75, 3.05) is 13.6 Å². The summed E-state index contributed by atoms with van der Waals surface area (Å²) in [4.78, 5) is 8.81. The van der Waals surface area contributed by atoms with Crippen molar-refractivity contribution in [2.24, 2.45) is 4.99 Å². The average Bonchev–Trinajstić information content (AvgIpc) is 3.05. The van der Waals surface area contributed by atoms with Gasteiger partial charge < -0.3 is 10.6 Å². The van der Waals surface area contributed by atoms with Crippen LogP contribution in [0.2, 0.25) is 0 Å². The molecule has 0 aliphatic carbocycles. The molecule has 0 aliphatic heterocycles. The normalized spacial score (nSPS) is 11.2. The molecule has 0 saturated heterocycles. The Morgan fingerprint density at radius 2 is 1.88 bits per heavy atom. The molecule has 1 aromatic heterocycles. The molecule has 2 aromatic carbocycles. The topological polar surface area (TPSA) is 49.3 Å². The summed E-state index contributed by atoms with van der Waals surface area (Å²) in [6.07, 6.45) is 1.89. The highest BCUT2D eigenvalue weighted by Crippen LogP contribution is 2.22. The van der Waals surface area contributed by atoms with E-state index in [-0.39, 0.29) is 29.8 Å². The van der Waals surface area contributed by atoms with Crippen LogP contribution < -0.4 is 10.6 Å². The lowest BCUT2D eigenvalue weighted by atomic mass is 10.2. The van der Waals surface area contributed by atoms with E-state index in [0.717, 1.165) is 29.9 Å². The first-order valence-corrected chi connectivity index (χ1v) is 9.10. The fraction of sp³-hybridized carbons (Fsp3) is 0.263. The van der Waals surface area contributed by atoms with Gasteiger partial charge in [-0.25, -0.2) is 9.37 Å². The summed E-state index contributed by atoms with van der Waals surface area (Å²) in [7, 11) is 1.71. The molecule has 0 amide bonds. The van der Waals surface area contributed by atoms with Crippen LogP contribution in [0.25, 0.3) is 10.2 Å². The van der Waals surface area contributed by atoms with E-state index in [4.69, 9.17) is 0 Å². The van der Waals surface area contributed by atoms with Gasteiger partial charge in [-0.15, -0.1) is 35.3 Å². The maximum absolute atomic E-state index is 13.6. The number of nitrogens with zero attached hydrogens (tertiary/aromatic N) is 2. The summed E-state index contributed by atoms with van der Waals surface area (Å²) in [6, 6.07) is 14.9. The molecule has 0 unspecified atom stereocenters. The van der Waals surface area contributed by atoms with Gasteiger partial charge in [0.15, 0.2) is 5.96 Å². The van der Waals surface area contributed by atoms with Gasteiger partial charge in [0, 0.05) is 32.1 Å². The lowest BCUT2D eigenvalue weighted by Gasteiger charge is -2.12. The molecule has 0 saturated carbocycles. The maximum atomic E-state index is 13.6. The lowest BCUT2D eigenvalue weighted by Crippen LogP contribution is -2.37. The molecule has 0 atom stereocenters. The third kappa shape index (κ3) is 5.63. The first-order valence-electron chi connectivity index (χ1n) is 8.28. The van der Waals surface area contributed by atoms with Crippen LogP contribution in [-0.4, -0.2) is 24.5 Å². The predicted octanol–water partition coefficient (Wildman–Crippen LogP) is 4.35. The number of hydrogen-bond donors (Lipinski definition) is 2. The van der Waals surface area contributed by atoms with Crippen molar-refractivity contribution >= 4 is 51.5 Å². The number of nitrogens with one attached hydrogen (secondary N) is 2. The van der Waals surface area contributed by atoms with Gasteiger partial charge in [-0.3, -0.25) is 4.99 Å². The first-order chi connectivity index (χ1) is 12.3. The second kappa shape index (κ2) is 10.4. The zero-order chi connectivity index (χ0) is 17.5. The van der Waals surface area contributed by atoms with Crippen molar-refractivity contribution in [3.05, 3.63) is 64.9 Å². The van der Waals surface area contributed by atoms with Gasteiger partial charge in [-0.1, -0.05) is 30.3 Å². The zero-order valence-electron chi connectivity index (χ0n) is 14.5. The minimum Gasteiger partial charge on any atom is -0.356 e. The summed E-state index contributed by atoms with van der Waals surface area (Å²) >= 11 is 1.74. The van der Waals surface area contributed by atoms with Crippen LogP contribution in [0.1, 0.15) is 17.0 Å². The van der Waals surface area contributed by atoms with Crippen molar-refractivity contribution < 1.29 is 4.39 Å². The molecule has 26 heavy (non-hydrogen) atoms. The van der Waals surface area contributed by atoms with Crippen LogP contribution in [0.4, 0.5) is 4.39 Å². The number of fused-ring (bicyclic) bond motifs is 1. The number of hydrogen-bond acceptors (Lipinski definition) is 3. The zero-order valence-corrected chi connectivity index (χ0v) is 17.7. The monoisotopic (exact) mass is 484 g/mol. The third-order valence-electron chi connectivity index (χ3n) is 3.83. The van der Waals surface area contributed by atoms with Crippen LogP contribution >= 0.6 is 35.3 Å². The Morgan fingerprint density at radius 1 is 1.12 bits per heavy atom. The number of para-hydroxylation sites is 1. The van der Waals surface area contributed by atoms with Crippen LogP contribution in [0.3, 0.4) is 0 Å².